The van der Waals surface area contributed by atoms with Crippen LogP contribution in [0.15, 0.2) is 30.3 Å². The summed E-state index contributed by atoms with van der Waals surface area (Å²) < 4.78 is 32.1. The number of rotatable bonds is 3. The average molecular weight is 292 g/mol. The van der Waals surface area contributed by atoms with Crippen LogP contribution in [0.3, 0.4) is 0 Å². The Bertz CT molecular complexity index is 702. The number of nitrogens with one attached hydrogen (secondary N) is 1. The quantitative estimate of drug-likeness (QED) is 0.854. The van der Waals surface area contributed by atoms with Crippen LogP contribution in [0.25, 0.3) is 0 Å². The highest BCUT2D eigenvalue weighted by molar-refractivity contribution is 6.04. The molecule has 0 aliphatic heterocycles. The number of carbonyl (C=O) groups is 1. The first-order chi connectivity index (χ1) is 9.92. The van der Waals surface area contributed by atoms with Gasteiger partial charge in [-0.1, -0.05) is 0 Å². The molecule has 4 nitrogen and oxygen atoms in total. The van der Waals surface area contributed by atoms with Crippen molar-refractivity contribution < 1.29 is 18.3 Å². The first-order valence-electron chi connectivity index (χ1n) is 6.13. The van der Waals surface area contributed by atoms with Crippen LogP contribution in [-0.2, 0) is 0 Å². The standard InChI is InChI=1S/C15H14F2N2O2/c1-8-5-11(17)13(7-10(8)16)19-15(20)9-3-4-12(18)14(6-9)21-2/h3-7H,18H2,1-2H3,(H,19,20). The van der Waals surface area contributed by atoms with Crippen molar-refractivity contribution in [1.29, 1.82) is 0 Å². The molecule has 0 unspecified atom stereocenters. The topological polar surface area (TPSA) is 64.3 Å². The highest BCUT2D eigenvalue weighted by atomic mass is 19.1. The van der Waals surface area contributed by atoms with E-state index in [2.05, 4.69) is 5.32 Å². The molecule has 6 heteroatoms. The van der Waals surface area contributed by atoms with Crippen molar-refractivity contribution in [2.75, 3.05) is 18.2 Å². The van der Waals surface area contributed by atoms with E-state index >= 15 is 0 Å². The number of ether oxygens (including phenoxy) is 1. The number of nitrogens with two attached hydrogens (primary N) is 1. The van der Waals surface area contributed by atoms with Crippen molar-refractivity contribution in [3.05, 3.63) is 53.1 Å². The lowest BCUT2D eigenvalue weighted by atomic mass is 10.1. The van der Waals surface area contributed by atoms with Gasteiger partial charge in [0.2, 0.25) is 0 Å². The number of anilines is 2. The number of hydrogen-bond donors (Lipinski definition) is 2. The Morgan fingerprint density at radius 1 is 1.19 bits per heavy atom. The molecule has 0 heterocycles. The van der Waals surface area contributed by atoms with E-state index in [-0.39, 0.29) is 16.8 Å². The van der Waals surface area contributed by atoms with Crippen LogP contribution >= 0.6 is 0 Å². The molecule has 0 aliphatic carbocycles. The molecule has 3 N–H and O–H groups in total. The molecule has 0 atom stereocenters. The summed E-state index contributed by atoms with van der Waals surface area (Å²) in [6.07, 6.45) is 0. The summed E-state index contributed by atoms with van der Waals surface area (Å²) in [5, 5.41) is 2.32. The van der Waals surface area contributed by atoms with E-state index in [4.69, 9.17) is 10.5 Å². The van der Waals surface area contributed by atoms with Crippen LogP contribution in [0.5, 0.6) is 5.75 Å². The van der Waals surface area contributed by atoms with Crippen molar-refractivity contribution in [3.8, 4) is 5.75 Å². The summed E-state index contributed by atoms with van der Waals surface area (Å²) in [6.45, 7) is 1.44. The molecule has 0 fully saturated rings. The van der Waals surface area contributed by atoms with Gasteiger partial charge in [-0.05, 0) is 36.8 Å². The second-order valence-corrected chi connectivity index (χ2v) is 4.49. The second kappa shape index (κ2) is 5.78. The number of hydrogen-bond acceptors (Lipinski definition) is 3. The zero-order chi connectivity index (χ0) is 15.6. The third-order valence-corrected chi connectivity index (χ3v) is 2.99. The maximum absolute atomic E-state index is 13.7. The zero-order valence-electron chi connectivity index (χ0n) is 11.5. The molecule has 0 aromatic heterocycles. The van der Waals surface area contributed by atoms with Gasteiger partial charge in [-0.2, -0.15) is 0 Å². The summed E-state index contributed by atoms with van der Waals surface area (Å²) in [5.74, 6) is -1.56. The number of halogens is 2. The molecular weight excluding hydrogens is 278 g/mol. The molecule has 110 valence electrons. The van der Waals surface area contributed by atoms with Gasteiger partial charge in [0.05, 0.1) is 18.5 Å². The Hall–Kier alpha value is -2.63. The third kappa shape index (κ3) is 3.10. The Labute approximate surface area is 120 Å². The lowest BCUT2D eigenvalue weighted by molar-refractivity contribution is 0.102. The van der Waals surface area contributed by atoms with Crippen molar-refractivity contribution in [2.45, 2.75) is 6.92 Å². The van der Waals surface area contributed by atoms with Gasteiger partial charge in [0.15, 0.2) is 0 Å². The molecule has 0 bridgehead atoms. The van der Waals surface area contributed by atoms with Gasteiger partial charge in [0.1, 0.15) is 17.4 Å². The minimum atomic E-state index is -0.704. The van der Waals surface area contributed by atoms with Crippen molar-refractivity contribution in [2.24, 2.45) is 0 Å². The molecule has 2 aromatic carbocycles. The summed E-state index contributed by atoms with van der Waals surface area (Å²) in [4.78, 5) is 12.0. The number of benzene rings is 2. The van der Waals surface area contributed by atoms with Gasteiger partial charge in [-0.3, -0.25) is 4.79 Å². The summed E-state index contributed by atoms with van der Waals surface area (Å²) in [5.41, 5.74) is 6.19. The first kappa shape index (κ1) is 14.8. The number of methoxy groups -OCH3 is 1. The highest BCUT2D eigenvalue weighted by Gasteiger charge is 2.13. The number of carbonyl (C=O) groups excluding carboxylic acids is 1. The van der Waals surface area contributed by atoms with Gasteiger partial charge in [0, 0.05) is 11.6 Å². The molecule has 1 amide bonds. The van der Waals surface area contributed by atoms with Crippen LogP contribution in [-0.4, -0.2) is 13.0 Å². The number of nitrogen functional groups attached to an aromatic ring is 1. The SMILES string of the molecule is COc1cc(C(=O)Nc2cc(F)c(C)cc2F)ccc1N. The van der Waals surface area contributed by atoms with E-state index in [0.29, 0.717) is 11.4 Å². The normalized spacial score (nSPS) is 10.3. The van der Waals surface area contributed by atoms with E-state index in [1.165, 1.54) is 32.2 Å². The van der Waals surface area contributed by atoms with E-state index in [0.717, 1.165) is 12.1 Å². The lowest BCUT2D eigenvalue weighted by Gasteiger charge is -2.10. The molecule has 0 saturated heterocycles. The Kier molecular flexibility index (Phi) is 4.07. The summed E-state index contributed by atoms with van der Waals surface area (Å²) >= 11 is 0. The van der Waals surface area contributed by atoms with Crippen LogP contribution in [0.2, 0.25) is 0 Å². The summed E-state index contributed by atoms with van der Waals surface area (Å²) in [7, 11) is 1.42. The van der Waals surface area contributed by atoms with Gasteiger partial charge in [0.25, 0.3) is 5.91 Å². The van der Waals surface area contributed by atoms with Gasteiger partial charge in [-0.15, -0.1) is 0 Å². The number of aryl methyl sites for hydroxylation is 1. The predicted molar refractivity (Wildman–Crippen MR) is 76.5 cm³/mol. The van der Waals surface area contributed by atoms with Gasteiger partial charge in [-0.25, -0.2) is 8.78 Å². The zero-order valence-corrected chi connectivity index (χ0v) is 11.5. The first-order valence-corrected chi connectivity index (χ1v) is 6.13. The predicted octanol–water partition coefficient (Wildman–Crippen LogP) is 3.12. The van der Waals surface area contributed by atoms with Gasteiger partial charge >= 0.3 is 0 Å². The third-order valence-electron chi connectivity index (χ3n) is 2.99. The Balaban J connectivity index is 2.28. The molecule has 2 rings (SSSR count). The fraction of sp³-hybridized carbons (Fsp3) is 0.133. The highest BCUT2D eigenvalue weighted by Crippen LogP contribution is 2.24. The van der Waals surface area contributed by atoms with Crippen LogP contribution in [0.1, 0.15) is 15.9 Å². The molecular formula is C15H14F2N2O2. The smallest absolute Gasteiger partial charge is 0.255 e. The molecule has 0 aliphatic rings. The largest absolute Gasteiger partial charge is 0.495 e. The second-order valence-electron chi connectivity index (χ2n) is 4.49. The van der Waals surface area contributed by atoms with Crippen molar-refractivity contribution in [3.63, 3.8) is 0 Å². The maximum atomic E-state index is 13.7. The molecule has 0 radical (unpaired) electrons. The average Bonchev–Trinajstić information content (AvgIpc) is 2.45. The van der Waals surface area contributed by atoms with E-state index in [1.807, 2.05) is 0 Å². The minimum absolute atomic E-state index is 0.166. The van der Waals surface area contributed by atoms with Crippen LogP contribution in [0.4, 0.5) is 20.2 Å². The van der Waals surface area contributed by atoms with E-state index < -0.39 is 17.5 Å². The van der Waals surface area contributed by atoms with Crippen LogP contribution in [0, 0.1) is 18.6 Å². The maximum Gasteiger partial charge on any atom is 0.255 e. The van der Waals surface area contributed by atoms with Crippen molar-refractivity contribution in [1.82, 2.24) is 0 Å². The van der Waals surface area contributed by atoms with Crippen LogP contribution < -0.4 is 15.8 Å². The monoisotopic (exact) mass is 292 g/mol. The molecule has 21 heavy (non-hydrogen) atoms. The van der Waals surface area contributed by atoms with Gasteiger partial charge < -0.3 is 15.8 Å². The minimum Gasteiger partial charge on any atom is -0.495 e. The molecule has 0 saturated carbocycles. The number of amides is 1. The summed E-state index contributed by atoms with van der Waals surface area (Å²) in [6, 6.07) is 6.36. The fourth-order valence-electron chi connectivity index (χ4n) is 1.79. The van der Waals surface area contributed by atoms with E-state index in [1.54, 1.807) is 0 Å². The molecule has 2 aromatic rings. The lowest BCUT2D eigenvalue weighted by Crippen LogP contribution is -2.14. The fourth-order valence-corrected chi connectivity index (χ4v) is 1.79. The molecule has 0 spiro atoms. The Morgan fingerprint density at radius 3 is 2.57 bits per heavy atom. The Morgan fingerprint density at radius 2 is 1.90 bits per heavy atom. The van der Waals surface area contributed by atoms with E-state index in [9.17, 15) is 13.6 Å². The van der Waals surface area contributed by atoms with Crippen molar-refractivity contribution >= 4 is 17.3 Å².